The molecule has 0 bridgehead atoms. The van der Waals surface area contributed by atoms with E-state index in [1.807, 2.05) is 27.7 Å². The van der Waals surface area contributed by atoms with Gasteiger partial charge >= 0.3 is 0 Å². The highest BCUT2D eigenvalue weighted by Crippen LogP contribution is 2.29. The standard InChI is InChI=1S/C10H21NO3.2C2H6/c1-6-5-7(11)9(13-3)10(14-4)8(6)12-2;2*1-2/h6-10H,5,11H2,1-4H3;2*1-2H3/t6-,7+,8?,9-,10-;;/m1../s1. The molecule has 0 aromatic rings. The predicted molar refractivity (Wildman–Crippen MR) is 76.8 cm³/mol. The summed E-state index contributed by atoms with van der Waals surface area (Å²) in [5.41, 5.74) is 6.00. The second-order valence-corrected chi connectivity index (χ2v) is 3.98. The minimum atomic E-state index is -0.0684. The summed E-state index contributed by atoms with van der Waals surface area (Å²) in [5, 5.41) is 0. The van der Waals surface area contributed by atoms with Gasteiger partial charge in [-0.3, -0.25) is 0 Å². The van der Waals surface area contributed by atoms with Crippen LogP contribution in [0.5, 0.6) is 0 Å². The van der Waals surface area contributed by atoms with Crippen LogP contribution in [0, 0.1) is 5.92 Å². The van der Waals surface area contributed by atoms with Crippen LogP contribution in [0.25, 0.3) is 0 Å². The molecule has 0 amide bonds. The Bertz CT molecular complexity index is 162. The van der Waals surface area contributed by atoms with Gasteiger partial charge in [-0.1, -0.05) is 34.6 Å². The quantitative estimate of drug-likeness (QED) is 0.850. The zero-order chi connectivity index (χ0) is 14.7. The van der Waals surface area contributed by atoms with Gasteiger partial charge in [-0.2, -0.15) is 0 Å². The molecule has 18 heavy (non-hydrogen) atoms. The number of nitrogens with two attached hydrogens (primary N) is 1. The molecular weight excluding hydrogens is 230 g/mol. The number of methoxy groups -OCH3 is 3. The second-order valence-electron chi connectivity index (χ2n) is 3.98. The topological polar surface area (TPSA) is 53.7 Å². The van der Waals surface area contributed by atoms with Crippen LogP contribution in [-0.2, 0) is 14.2 Å². The van der Waals surface area contributed by atoms with Crippen molar-refractivity contribution in [2.45, 2.75) is 65.4 Å². The van der Waals surface area contributed by atoms with Crippen LogP contribution in [0.4, 0.5) is 0 Å². The van der Waals surface area contributed by atoms with Gasteiger partial charge in [0.05, 0.1) is 6.10 Å². The molecule has 1 rings (SSSR count). The molecule has 2 N–H and O–H groups in total. The monoisotopic (exact) mass is 263 g/mol. The van der Waals surface area contributed by atoms with Crippen LogP contribution in [0.3, 0.4) is 0 Å². The van der Waals surface area contributed by atoms with Crippen LogP contribution in [0.15, 0.2) is 0 Å². The third-order valence-corrected chi connectivity index (χ3v) is 3.09. The zero-order valence-electron chi connectivity index (χ0n) is 13.4. The number of hydrogen-bond acceptors (Lipinski definition) is 4. The Morgan fingerprint density at radius 3 is 1.50 bits per heavy atom. The van der Waals surface area contributed by atoms with Crippen molar-refractivity contribution in [1.82, 2.24) is 0 Å². The van der Waals surface area contributed by atoms with Gasteiger partial charge in [-0.25, -0.2) is 0 Å². The Morgan fingerprint density at radius 1 is 0.778 bits per heavy atom. The van der Waals surface area contributed by atoms with Gasteiger partial charge in [0.15, 0.2) is 0 Å². The average molecular weight is 263 g/mol. The van der Waals surface area contributed by atoms with Gasteiger partial charge in [0.2, 0.25) is 0 Å². The van der Waals surface area contributed by atoms with Gasteiger partial charge in [0.1, 0.15) is 12.2 Å². The van der Waals surface area contributed by atoms with E-state index in [2.05, 4.69) is 6.92 Å². The van der Waals surface area contributed by atoms with E-state index in [1.165, 1.54) is 0 Å². The summed E-state index contributed by atoms with van der Waals surface area (Å²) in [7, 11) is 5.05. The van der Waals surface area contributed by atoms with Crippen LogP contribution < -0.4 is 5.73 Å². The molecule has 0 aromatic heterocycles. The highest BCUT2D eigenvalue weighted by atomic mass is 16.6. The third-order valence-electron chi connectivity index (χ3n) is 3.09. The summed E-state index contributed by atoms with van der Waals surface area (Å²) in [6, 6.07) is 0.0337. The Hall–Kier alpha value is -0.160. The maximum absolute atomic E-state index is 6.00. The van der Waals surface area contributed by atoms with Crippen LogP contribution in [-0.4, -0.2) is 45.7 Å². The van der Waals surface area contributed by atoms with Crippen molar-refractivity contribution in [3.05, 3.63) is 0 Å². The highest BCUT2D eigenvalue weighted by Gasteiger charge is 2.42. The zero-order valence-corrected chi connectivity index (χ0v) is 13.4. The lowest BCUT2D eigenvalue weighted by Gasteiger charge is -2.42. The van der Waals surface area contributed by atoms with E-state index >= 15 is 0 Å². The summed E-state index contributed by atoms with van der Waals surface area (Å²) in [5.74, 6) is 0.409. The van der Waals surface area contributed by atoms with Gasteiger partial charge < -0.3 is 19.9 Å². The first-order chi connectivity index (χ1) is 8.65. The molecule has 1 fully saturated rings. The van der Waals surface area contributed by atoms with Gasteiger partial charge in [0, 0.05) is 27.4 Å². The normalized spacial score (nSPS) is 34.8. The maximum Gasteiger partial charge on any atom is 0.111 e. The lowest BCUT2D eigenvalue weighted by atomic mass is 9.80. The molecule has 1 aliphatic rings. The van der Waals surface area contributed by atoms with E-state index in [0.29, 0.717) is 5.92 Å². The average Bonchev–Trinajstić information content (AvgIpc) is 2.42. The summed E-state index contributed by atoms with van der Waals surface area (Å²) < 4.78 is 16.2. The van der Waals surface area contributed by atoms with Crippen molar-refractivity contribution in [2.75, 3.05) is 21.3 Å². The molecule has 0 aromatic carbocycles. The maximum atomic E-state index is 6.00. The molecule has 5 atom stereocenters. The Morgan fingerprint density at radius 2 is 1.17 bits per heavy atom. The molecule has 0 aliphatic heterocycles. The molecule has 0 spiro atoms. The first kappa shape index (κ1) is 20.2. The minimum Gasteiger partial charge on any atom is -0.378 e. The summed E-state index contributed by atoms with van der Waals surface area (Å²) >= 11 is 0. The van der Waals surface area contributed by atoms with E-state index < -0.39 is 0 Å². The molecule has 4 heteroatoms. The lowest BCUT2D eigenvalue weighted by molar-refractivity contribution is -0.152. The van der Waals surface area contributed by atoms with Crippen LogP contribution in [0.2, 0.25) is 0 Å². The van der Waals surface area contributed by atoms with E-state index in [4.69, 9.17) is 19.9 Å². The predicted octanol–water partition coefficient (Wildman–Crippen LogP) is 2.45. The van der Waals surface area contributed by atoms with Crippen LogP contribution >= 0.6 is 0 Å². The summed E-state index contributed by atoms with van der Waals surface area (Å²) in [6.45, 7) is 10.1. The molecule has 4 nitrogen and oxygen atoms in total. The van der Waals surface area contributed by atoms with Crippen LogP contribution in [0.1, 0.15) is 41.0 Å². The first-order valence-corrected chi connectivity index (χ1v) is 6.99. The molecule has 112 valence electrons. The van der Waals surface area contributed by atoms with Crippen molar-refractivity contribution >= 4 is 0 Å². The largest absolute Gasteiger partial charge is 0.378 e. The number of rotatable bonds is 3. The van der Waals surface area contributed by atoms with E-state index in [1.54, 1.807) is 21.3 Å². The van der Waals surface area contributed by atoms with Crippen molar-refractivity contribution in [1.29, 1.82) is 0 Å². The van der Waals surface area contributed by atoms with Gasteiger partial charge in [-0.15, -0.1) is 0 Å². The number of hydrogen-bond donors (Lipinski definition) is 1. The smallest absolute Gasteiger partial charge is 0.111 e. The summed E-state index contributed by atoms with van der Waals surface area (Å²) in [6.07, 6.45) is 0.853. The van der Waals surface area contributed by atoms with Gasteiger partial charge in [-0.05, 0) is 12.3 Å². The molecule has 1 saturated carbocycles. The Kier molecular flexibility index (Phi) is 13.3. The first-order valence-electron chi connectivity index (χ1n) is 6.99. The lowest BCUT2D eigenvalue weighted by Crippen LogP contribution is -2.58. The molecule has 0 radical (unpaired) electrons. The Balaban J connectivity index is 0. The molecule has 0 heterocycles. The van der Waals surface area contributed by atoms with Gasteiger partial charge in [0.25, 0.3) is 0 Å². The minimum absolute atomic E-state index is 0.0337. The molecule has 1 unspecified atom stereocenters. The van der Waals surface area contributed by atoms with Crippen molar-refractivity contribution < 1.29 is 14.2 Å². The van der Waals surface area contributed by atoms with E-state index in [9.17, 15) is 0 Å². The molecule has 1 aliphatic carbocycles. The van der Waals surface area contributed by atoms with Crippen molar-refractivity contribution in [3.8, 4) is 0 Å². The highest BCUT2D eigenvalue weighted by molar-refractivity contribution is 4.95. The van der Waals surface area contributed by atoms with E-state index in [-0.39, 0.29) is 24.4 Å². The Labute approximate surface area is 113 Å². The fourth-order valence-electron chi connectivity index (χ4n) is 2.40. The van der Waals surface area contributed by atoms with Crippen molar-refractivity contribution in [3.63, 3.8) is 0 Å². The molecular formula is C14H33NO3. The second kappa shape index (κ2) is 11.9. The molecule has 0 saturated heterocycles. The van der Waals surface area contributed by atoms with E-state index in [0.717, 1.165) is 6.42 Å². The third kappa shape index (κ3) is 5.22. The fourth-order valence-corrected chi connectivity index (χ4v) is 2.40. The fraction of sp³-hybridized carbons (Fsp3) is 1.00. The number of ether oxygens (including phenoxy) is 3. The SMILES string of the molecule is CC.CC.COC1[C@H](C)C[C@H](N)[C@@H](OC)[C@@H]1OC. The summed E-state index contributed by atoms with van der Waals surface area (Å²) in [4.78, 5) is 0. The van der Waals surface area contributed by atoms with Crippen molar-refractivity contribution in [2.24, 2.45) is 11.7 Å².